The molecule has 0 bridgehead atoms. The Labute approximate surface area is 88.6 Å². The van der Waals surface area contributed by atoms with Gasteiger partial charge in [-0.2, -0.15) is 0 Å². The van der Waals surface area contributed by atoms with Crippen LogP contribution in [0.1, 0.15) is 48.0 Å². The van der Waals surface area contributed by atoms with Crippen molar-refractivity contribution in [1.29, 1.82) is 0 Å². The van der Waals surface area contributed by atoms with Crippen LogP contribution in [0.25, 0.3) is 0 Å². The summed E-state index contributed by atoms with van der Waals surface area (Å²) < 4.78 is 0. The summed E-state index contributed by atoms with van der Waals surface area (Å²) in [5.74, 6) is 0. The first-order chi connectivity index (χ1) is 6.21. The van der Waals surface area contributed by atoms with Gasteiger partial charge in [0, 0.05) is 12.1 Å². The quantitative estimate of drug-likeness (QED) is 0.529. The van der Waals surface area contributed by atoms with Crippen molar-refractivity contribution < 1.29 is 4.84 Å². The van der Waals surface area contributed by atoms with Crippen LogP contribution in [0.4, 0.5) is 0 Å². The number of hydrogen-bond acceptors (Lipinski definition) is 3. The van der Waals surface area contributed by atoms with E-state index in [9.17, 15) is 0 Å². The molecule has 14 heavy (non-hydrogen) atoms. The summed E-state index contributed by atoms with van der Waals surface area (Å²) in [6.07, 6.45) is 1.08. The summed E-state index contributed by atoms with van der Waals surface area (Å²) in [6, 6.07) is 0. The van der Waals surface area contributed by atoms with E-state index >= 15 is 0 Å². The molecule has 0 atom stereocenters. The molecule has 3 nitrogen and oxygen atoms in total. The molecule has 0 saturated carbocycles. The van der Waals surface area contributed by atoms with Gasteiger partial charge in [-0.25, -0.2) is 5.48 Å². The highest BCUT2D eigenvalue weighted by Gasteiger charge is 2.10. The standard InChI is InChI=1S/C11H26N2O/c1-10(2,3)12-8-7-9-13-14-11(4,5)6/h12-13H,7-9H2,1-6H3. The van der Waals surface area contributed by atoms with Gasteiger partial charge in [0.25, 0.3) is 0 Å². The van der Waals surface area contributed by atoms with Gasteiger partial charge in [0.15, 0.2) is 0 Å². The Morgan fingerprint density at radius 1 is 0.929 bits per heavy atom. The first-order valence-corrected chi connectivity index (χ1v) is 5.37. The van der Waals surface area contributed by atoms with E-state index < -0.39 is 0 Å². The number of hydrogen-bond donors (Lipinski definition) is 2. The number of rotatable bonds is 5. The van der Waals surface area contributed by atoms with Crippen LogP contribution < -0.4 is 10.8 Å². The second-order valence-electron chi connectivity index (χ2n) is 5.64. The Morgan fingerprint density at radius 2 is 1.50 bits per heavy atom. The van der Waals surface area contributed by atoms with Crippen molar-refractivity contribution in [2.75, 3.05) is 13.1 Å². The summed E-state index contributed by atoms with van der Waals surface area (Å²) in [5.41, 5.74) is 3.09. The Balaban J connectivity index is 3.23. The van der Waals surface area contributed by atoms with E-state index in [1.54, 1.807) is 0 Å². The lowest BCUT2D eigenvalue weighted by Crippen LogP contribution is -2.38. The van der Waals surface area contributed by atoms with Crippen molar-refractivity contribution in [3.8, 4) is 0 Å². The van der Waals surface area contributed by atoms with Gasteiger partial charge < -0.3 is 5.32 Å². The van der Waals surface area contributed by atoms with Crippen molar-refractivity contribution in [3.05, 3.63) is 0 Å². The van der Waals surface area contributed by atoms with Crippen LogP contribution in [-0.4, -0.2) is 24.2 Å². The van der Waals surface area contributed by atoms with Crippen LogP contribution >= 0.6 is 0 Å². The van der Waals surface area contributed by atoms with Gasteiger partial charge in [0.1, 0.15) is 0 Å². The van der Waals surface area contributed by atoms with Gasteiger partial charge in [0.2, 0.25) is 0 Å². The first kappa shape index (κ1) is 13.9. The SMILES string of the molecule is CC(C)(C)NCCCNOC(C)(C)C. The fraction of sp³-hybridized carbons (Fsp3) is 1.00. The van der Waals surface area contributed by atoms with Crippen molar-refractivity contribution in [3.63, 3.8) is 0 Å². The highest BCUT2D eigenvalue weighted by molar-refractivity contribution is 4.69. The minimum absolute atomic E-state index is 0.0997. The molecule has 0 unspecified atom stereocenters. The summed E-state index contributed by atoms with van der Waals surface area (Å²) in [7, 11) is 0. The molecular weight excluding hydrogens is 176 g/mol. The molecule has 0 saturated heterocycles. The van der Waals surface area contributed by atoms with Crippen LogP contribution in [0.5, 0.6) is 0 Å². The Kier molecular flexibility index (Phi) is 5.64. The Bertz CT molecular complexity index is 126. The minimum atomic E-state index is -0.0997. The maximum atomic E-state index is 5.38. The van der Waals surface area contributed by atoms with Crippen molar-refractivity contribution in [2.24, 2.45) is 0 Å². The van der Waals surface area contributed by atoms with E-state index in [4.69, 9.17) is 4.84 Å². The second kappa shape index (κ2) is 5.69. The summed E-state index contributed by atoms with van der Waals surface area (Å²) in [4.78, 5) is 5.38. The maximum Gasteiger partial charge on any atom is 0.0812 e. The lowest BCUT2D eigenvalue weighted by molar-refractivity contribution is -0.0724. The van der Waals surface area contributed by atoms with Crippen molar-refractivity contribution in [1.82, 2.24) is 10.8 Å². The third-order valence-corrected chi connectivity index (χ3v) is 1.49. The van der Waals surface area contributed by atoms with E-state index in [-0.39, 0.29) is 11.1 Å². The molecule has 0 radical (unpaired) electrons. The summed E-state index contributed by atoms with van der Waals surface area (Å²) in [6.45, 7) is 14.5. The van der Waals surface area contributed by atoms with Crippen LogP contribution in [0, 0.1) is 0 Å². The molecule has 0 aromatic rings. The molecular formula is C11H26N2O. The molecule has 0 rings (SSSR count). The highest BCUT2D eigenvalue weighted by Crippen LogP contribution is 2.03. The molecule has 3 heteroatoms. The first-order valence-electron chi connectivity index (χ1n) is 5.37. The van der Waals surface area contributed by atoms with Gasteiger partial charge >= 0.3 is 0 Å². The fourth-order valence-corrected chi connectivity index (χ4v) is 0.891. The predicted molar refractivity (Wildman–Crippen MR) is 61.2 cm³/mol. The van der Waals surface area contributed by atoms with E-state index in [0.717, 1.165) is 19.5 Å². The average molecular weight is 202 g/mol. The molecule has 0 amide bonds. The molecule has 0 spiro atoms. The Hall–Kier alpha value is -0.120. The average Bonchev–Trinajstić information content (AvgIpc) is 1.92. The van der Waals surface area contributed by atoms with Crippen LogP contribution in [0.2, 0.25) is 0 Å². The molecule has 0 aliphatic carbocycles. The van der Waals surface area contributed by atoms with E-state index in [1.165, 1.54) is 0 Å². The second-order valence-corrected chi connectivity index (χ2v) is 5.64. The van der Waals surface area contributed by atoms with E-state index in [2.05, 4.69) is 31.6 Å². The van der Waals surface area contributed by atoms with Crippen molar-refractivity contribution >= 4 is 0 Å². The van der Waals surface area contributed by atoms with E-state index in [0.29, 0.717) is 0 Å². The van der Waals surface area contributed by atoms with Gasteiger partial charge in [0.05, 0.1) is 5.60 Å². The largest absolute Gasteiger partial charge is 0.312 e. The van der Waals surface area contributed by atoms with Gasteiger partial charge in [-0.05, 0) is 54.5 Å². The number of nitrogens with one attached hydrogen (secondary N) is 2. The molecule has 0 aromatic heterocycles. The van der Waals surface area contributed by atoms with Gasteiger partial charge in [-0.1, -0.05) is 0 Å². The molecule has 2 N–H and O–H groups in total. The zero-order valence-electron chi connectivity index (χ0n) is 10.5. The van der Waals surface area contributed by atoms with Crippen LogP contribution in [0.3, 0.4) is 0 Å². The topological polar surface area (TPSA) is 33.3 Å². The normalized spacial score (nSPS) is 13.3. The third kappa shape index (κ3) is 11.9. The lowest BCUT2D eigenvalue weighted by Gasteiger charge is -2.22. The zero-order chi connectivity index (χ0) is 11.2. The van der Waals surface area contributed by atoms with E-state index in [1.807, 2.05) is 20.8 Å². The predicted octanol–water partition coefficient (Wildman–Crippen LogP) is 2.08. The number of hydroxylamine groups is 1. The van der Waals surface area contributed by atoms with Gasteiger partial charge in [-0.3, -0.25) is 4.84 Å². The molecule has 0 aliphatic heterocycles. The van der Waals surface area contributed by atoms with Gasteiger partial charge in [-0.15, -0.1) is 0 Å². The highest BCUT2D eigenvalue weighted by atomic mass is 16.7. The minimum Gasteiger partial charge on any atom is -0.312 e. The Morgan fingerprint density at radius 3 is 1.93 bits per heavy atom. The molecule has 0 heterocycles. The zero-order valence-corrected chi connectivity index (χ0v) is 10.5. The smallest absolute Gasteiger partial charge is 0.0812 e. The summed E-state index contributed by atoms with van der Waals surface area (Å²) >= 11 is 0. The summed E-state index contributed by atoms with van der Waals surface area (Å²) in [5, 5.41) is 3.42. The van der Waals surface area contributed by atoms with Crippen molar-refractivity contribution in [2.45, 2.75) is 59.1 Å². The maximum absolute atomic E-state index is 5.38. The molecule has 0 aromatic carbocycles. The monoisotopic (exact) mass is 202 g/mol. The third-order valence-electron chi connectivity index (χ3n) is 1.49. The molecule has 86 valence electrons. The molecule has 0 aliphatic rings. The van der Waals surface area contributed by atoms with Crippen LogP contribution in [-0.2, 0) is 4.84 Å². The molecule has 0 fully saturated rings. The lowest BCUT2D eigenvalue weighted by atomic mass is 10.1. The van der Waals surface area contributed by atoms with Crippen LogP contribution in [0.15, 0.2) is 0 Å². The fourth-order valence-electron chi connectivity index (χ4n) is 0.891.